The summed E-state index contributed by atoms with van der Waals surface area (Å²) in [6.07, 6.45) is 4.66. The number of aryl methyl sites for hydroxylation is 1. The molecule has 23 heavy (non-hydrogen) atoms. The van der Waals surface area contributed by atoms with Gasteiger partial charge >= 0.3 is 0 Å². The summed E-state index contributed by atoms with van der Waals surface area (Å²) in [5.41, 5.74) is 2.16. The number of hydrogen-bond acceptors (Lipinski definition) is 3. The first-order chi connectivity index (χ1) is 10.7. The average molecular weight is 340 g/mol. The van der Waals surface area contributed by atoms with Crippen LogP contribution >= 0.6 is 12.4 Å². The molecule has 0 aliphatic carbocycles. The molecule has 4 nitrogen and oxygen atoms in total. The maximum Gasteiger partial charge on any atom is 0.238 e. The number of carbonyl (C=O) groups is 1. The summed E-state index contributed by atoms with van der Waals surface area (Å²) >= 11 is 0. The molecular weight excluding hydrogens is 310 g/mol. The minimum Gasteiger partial charge on any atom is -0.325 e. The van der Waals surface area contributed by atoms with Gasteiger partial charge in [0.15, 0.2) is 0 Å². The minimum atomic E-state index is 0. The molecule has 2 N–H and O–H groups in total. The standard InChI is InChI=1S/C18H29N3O.ClH/c1-3-15-5-4-6-17(13-15)20-18(22)14-21-11-8-16(9-12-21)7-10-19-2;/h4-6,13,16,19H,3,7-12,14H2,1-2H3,(H,20,22);1H. The van der Waals surface area contributed by atoms with Gasteiger partial charge in [-0.3, -0.25) is 9.69 Å². The summed E-state index contributed by atoms with van der Waals surface area (Å²) in [5.74, 6) is 0.912. The maximum absolute atomic E-state index is 12.2. The Bertz CT molecular complexity index is 473. The van der Waals surface area contributed by atoms with Crippen LogP contribution in [-0.2, 0) is 11.2 Å². The first-order valence-corrected chi connectivity index (χ1v) is 8.47. The van der Waals surface area contributed by atoms with Gasteiger partial charge in [0.1, 0.15) is 0 Å². The number of anilines is 1. The molecule has 0 unspecified atom stereocenters. The highest BCUT2D eigenvalue weighted by Crippen LogP contribution is 2.20. The van der Waals surface area contributed by atoms with Crippen molar-refractivity contribution < 1.29 is 4.79 Å². The van der Waals surface area contributed by atoms with E-state index in [9.17, 15) is 4.79 Å². The third kappa shape index (κ3) is 6.90. The van der Waals surface area contributed by atoms with Crippen LogP contribution in [0, 0.1) is 5.92 Å². The van der Waals surface area contributed by atoms with E-state index >= 15 is 0 Å². The van der Waals surface area contributed by atoms with E-state index in [1.54, 1.807) is 0 Å². The third-order valence-corrected chi connectivity index (χ3v) is 4.50. The molecule has 130 valence electrons. The van der Waals surface area contributed by atoms with E-state index in [0.717, 1.165) is 37.7 Å². The molecule has 5 heteroatoms. The molecule has 1 fully saturated rings. The number of benzene rings is 1. The second-order valence-corrected chi connectivity index (χ2v) is 6.21. The highest BCUT2D eigenvalue weighted by molar-refractivity contribution is 5.92. The molecule has 2 rings (SSSR count). The number of amides is 1. The molecule has 1 aromatic carbocycles. The molecule has 1 saturated heterocycles. The van der Waals surface area contributed by atoms with Crippen molar-refractivity contribution in [2.75, 3.05) is 38.5 Å². The zero-order valence-corrected chi connectivity index (χ0v) is 15.1. The van der Waals surface area contributed by atoms with Gasteiger partial charge in [0.2, 0.25) is 5.91 Å². The van der Waals surface area contributed by atoms with Gasteiger partial charge in [0.05, 0.1) is 6.54 Å². The van der Waals surface area contributed by atoms with E-state index in [0.29, 0.717) is 6.54 Å². The van der Waals surface area contributed by atoms with Crippen LogP contribution in [0.3, 0.4) is 0 Å². The van der Waals surface area contributed by atoms with Gasteiger partial charge in [-0.1, -0.05) is 19.1 Å². The van der Waals surface area contributed by atoms with Crippen LogP contribution in [0.25, 0.3) is 0 Å². The molecule has 0 bridgehead atoms. The number of halogens is 1. The van der Waals surface area contributed by atoms with Crippen molar-refractivity contribution in [2.45, 2.75) is 32.6 Å². The fourth-order valence-electron chi connectivity index (χ4n) is 3.05. The Balaban J connectivity index is 0.00000264. The predicted molar refractivity (Wildman–Crippen MR) is 99.4 cm³/mol. The van der Waals surface area contributed by atoms with Crippen molar-refractivity contribution >= 4 is 24.0 Å². The highest BCUT2D eigenvalue weighted by Gasteiger charge is 2.20. The molecule has 1 amide bonds. The van der Waals surface area contributed by atoms with E-state index in [2.05, 4.69) is 34.6 Å². The number of likely N-dealkylation sites (tertiary alicyclic amines) is 1. The summed E-state index contributed by atoms with van der Waals surface area (Å²) in [5, 5.41) is 6.24. The summed E-state index contributed by atoms with van der Waals surface area (Å²) < 4.78 is 0. The van der Waals surface area contributed by atoms with Gasteiger partial charge in [-0.2, -0.15) is 0 Å². The van der Waals surface area contributed by atoms with Gasteiger partial charge in [-0.15, -0.1) is 12.4 Å². The second kappa shape index (κ2) is 10.6. The van der Waals surface area contributed by atoms with Crippen molar-refractivity contribution in [3.63, 3.8) is 0 Å². The van der Waals surface area contributed by atoms with Gasteiger partial charge < -0.3 is 10.6 Å². The molecule has 1 aromatic rings. The van der Waals surface area contributed by atoms with Crippen molar-refractivity contribution in [1.82, 2.24) is 10.2 Å². The predicted octanol–water partition coefficient (Wildman–Crippen LogP) is 2.93. The van der Waals surface area contributed by atoms with Crippen LogP contribution in [0.2, 0.25) is 0 Å². The number of piperidine rings is 1. The van der Waals surface area contributed by atoms with Crippen LogP contribution < -0.4 is 10.6 Å². The van der Waals surface area contributed by atoms with Crippen LogP contribution in [0.4, 0.5) is 5.69 Å². The Kier molecular flexibility index (Phi) is 9.22. The number of rotatable bonds is 7. The largest absolute Gasteiger partial charge is 0.325 e. The molecule has 0 saturated carbocycles. The molecule has 1 heterocycles. The molecule has 0 aromatic heterocycles. The Labute approximate surface area is 146 Å². The van der Waals surface area contributed by atoms with Crippen molar-refractivity contribution in [3.05, 3.63) is 29.8 Å². The lowest BCUT2D eigenvalue weighted by atomic mass is 9.93. The summed E-state index contributed by atoms with van der Waals surface area (Å²) in [4.78, 5) is 14.4. The zero-order valence-electron chi connectivity index (χ0n) is 14.3. The van der Waals surface area contributed by atoms with Gasteiger partial charge in [0, 0.05) is 5.69 Å². The highest BCUT2D eigenvalue weighted by atomic mass is 35.5. The minimum absolute atomic E-state index is 0. The first-order valence-electron chi connectivity index (χ1n) is 8.47. The lowest BCUT2D eigenvalue weighted by molar-refractivity contribution is -0.117. The van der Waals surface area contributed by atoms with E-state index in [-0.39, 0.29) is 18.3 Å². The van der Waals surface area contributed by atoms with E-state index in [1.165, 1.54) is 24.8 Å². The Morgan fingerprint density at radius 1 is 1.30 bits per heavy atom. The maximum atomic E-state index is 12.2. The SMILES string of the molecule is CCc1cccc(NC(=O)CN2CCC(CCNC)CC2)c1.Cl. The number of nitrogens with zero attached hydrogens (tertiary/aromatic N) is 1. The van der Waals surface area contributed by atoms with E-state index in [1.807, 2.05) is 19.2 Å². The van der Waals surface area contributed by atoms with Crippen LogP contribution in [0.15, 0.2) is 24.3 Å². The Hall–Kier alpha value is -1.10. The van der Waals surface area contributed by atoms with Gasteiger partial charge in [-0.25, -0.2) is 0 Å². The Morgan fingerprint density at radius 3 is 2.70 bits per heavy atom. The molecule has 0 spiro atoms. The van der Waals surface area contributed by atoms with Crippen molar-refractivity contribution in [3.8, 4) is 0 Å². The molecule has 1 aliphatic rings. The smallest absolute Gasteiger partial charge is 0.238 e. The topological polar surface area (TPSA) is 44.4 Å². The lowest BCUT2D eigenvalue weighted by Gasteiger charge is -2.31. The number of hydrogen-bond donors (Lipinski definition) is 2. The zero-order chi connectivity index (χ0) is 15.8. The quantitative estimate of drug-likeness (QED) is 0.802. The molecule has 0 radical (unpaired) electrons. The van der Waals surface area contributed by atoms with Crippen LogP contribution in [0.1, 0.15) is 31.7 Å². The van der Waals surface area contributed by atoms with Gasteiger partial charge in [-0.05, 0) is 76.0 Å². The van der Waals surface area contributed by atoms with Crippen molar-refractivity contribution in [2.24, 2.45) is 5.92 Å². The normalized spacial score (nSPS) is 15.9. The number of nitrogens with one attached hydrogen (secondary N) is 2. The summed E-state index contributed by atoms with van der Waals surface area (Å²) in [6.45, 7) is 5.81. The lowest BCUT2D eigenvalue weighted by Crippen LogP contribution is -2.39. The van der Waals surface area contributed by atoms with E-state index < -0.39 is 0 Å². The summed E-state index contributed by atoms with van der Waals surface area (Å²) in [7, 11) is 2.01. The first kappa shape index (κ1) is 19.9. The fraction of sp³-hybridized carbons (Fsp3) is 0.611. The van der Waals surface area contributed by atoms with Gasteiger partial charge in [0.25, 0.3) is 0 Å². The fourth-order valence-corrected chi connectivity index (χ4v) is 3.05. The second-order valence-electron chi connectivity index (χ2n) is 6.21. The Morgan fingerprint density at radius 2 is 2.04 bits per heavy atom. The van der Waals surface area contributed by atoms with Crippen LogP contribution in [-0.4, -0.2) is 44.0 Å². The third-order valence-electron chi connectivity index (χ3n) is 4.50. The molecular formula is C18H30ClN3O. The average Bonchev–Trinajstić information content (AvgIpc) is 2.54. The summed E-state index contributed by atoms with van der Waals surface area (Å²) in [6, 6.07) is 8.11. The van der Waals surface area contributed by atoms with Crippen LogP contribution in [0.5, 0.6) is 0 Å². The molecule has 0 atom stereocenters. The number of carbonyl (C=O) groups excluding carboxylic acids is 1. The molecule has 1 aliphatic heterocycles. The van der Waals surface area contributed by atoms with E-state index in [4.69, 9.17) is 0 Å². The van der Waals surface area contributed by atoms with Crippen molar-refractivity contribution in [1.29, 1.82) is 0 Å². The monoisotopic (exact) mass is 339 g/mol.